The third kappa shape index (κ3) is 3.96. The molecule has 2 heteroatoms. The van der Waals surface area contributed by atoms with Crippen molar-refractivity contribution in [2.45, 2.75) is 77.3 Å². The van der Waals surface area contributed by atoms with Crippen molar-refractivity contribution in [1.82, 2.24) is 10.2 Å². The van der Waals surface area contributed by atoms with Crippen LogP contribution in [-0.2, 0) is 0 Å². The molecule has 1 heterocycles. The fourth-order valence-electron chi connectivity index (χ4n) is 3.79. The highest BCUT2D eigenvalue weighted by Gasteiger charge is 2.31. The predicted octanol–water partition coefficient (Wildman–Crippen LogP) is 3.42. The van der Waals surface area contributed by atoms with Crippen molar-refractivity contribution in [3.8, 4) is 0 Å². The van der Waals surface area contributed by atoms with Crippen molar-refractivity contribution in [2.75, 3.05) is 19.6 Å². The van der Waals surface area contributed by atoms with Crippen LogP contribution in [0.25, 0.3) is 0 Å². The lowest BCUT2D eigenvalue weighted by Crippen LogP contribution is -2.53. The van der Waals surface area contributed by atoms with Gasteiger partial charge in [0.25, 0.3) is 0 Å². The summed E-state index contributed by atoms with van der Waals surface area (Å²) < 4.78 is 0. The smallest absolute Gasteiger partial charge is 0.0197 e. The Morgan fingerprint density at radius 1 is 1.06 bits per heavy atom. The molecule has 2 aliphatic rings. The number of likely N-dealkylation sites (N-methyl/N-ethyl adjacent to an activating group) is 1. The highest BCUT2D eigenvalue weighted by atomic mass is 15.2. The molecule has 1 saturated heterocycles. The second kappa shape index (κ2) is 7.49. The third-order valence-corrected chi connectivity index (χ3v) is 5.00. The molecule has 0 bridgehead atoms. The molecule has 0 aromatic rings. The summed E-state index contributed by atoms with van der Waals surface area (Å²) in [5, 5.41) is 3.95. The molecule has 106 valence electrons. The Hall–Kier alpha value is -0.0800. The van der Waals surface area contributed by atoms with Gasteiger partial charge in [-0.25, -0.2) is 0 Å². The Morgan fingerprint density at radius 2 is 1.89 bits per heavy atom. The minimum absolute atomic E-state index is 0.765. The first-order valence-corrected chi connectivity index (χ1v) is 8.31. The minimum atomic E-state index is 0.765. The molecular formula is C16H32N2. The van der Waals surface area contributed by atoms with E-state index in [-0.39, 0.29) is 0 Å². The summed E-state index contributed by atoms with van der Waals surface area (Å²) in [6, 6.07) is 1.61. The first-order chi connectivity index (χ1) is 8.83. The fourth-order valence-corrected chi connectivity index (χ4v) is 3.79. The van der Waals surface area contributed by atoms with Crippen LogP contribution in [0, 0.1) is 5.92 Å². The van der Waals surface area contributed by atoms with E-state index in [4.69, 9.17) is 0 Å². The first-order valence-electron chi connectivity index (χ1n) is 8.31. The number of unbranched alkanes of at least 4 members (excludes halogenated alkanes) is 1. The fraction of sp³-hybridized carbons (Fsp3) is 1.00. The maximum Gasteiger partial charge on any atom is 0.0197 e. The van der Waals surface area contributed by atoms with Crippen LogP contribution < -0.4 is 5.32 Å². The molecule has 0 spiro atoms. The average molecular weight is 252 g/mol. The summed E-state index contributed by atoms with van der Waals surface area (Å²) in [6.07, 6.45) is 11.4. The number of hydrogen-bond donors (Lipinski definition) is 1. The number of rotatable bonds is 6. The van der Waals surface area contributed by atoms with E-state index in [0.29, 0.717) is 0 Å². The van der Waals surface area contributed by atoms with Crippen LogP contribution >= 0.6 is 0 Å². The van der Waals surface area contributed by atoms with Crippen molar-refractivity contribution >= 4 is 0 Å². The van der Waals surface area contributed by atoms with Gasteiger partial charge in [0.05, 0.1) is 0 Å². The monoisotopic (exact) mass is 252 g/mol. The van der Waals surface area contributed by atoms with Crippen molar-refractivity contribution in [2.24, 2.45) is 5.92 Å². The summed E-state index contributed by atoms with van der Waals surface area (Å²) in [5.41, 5.74) is 0. The van der Waals surface area contributed by atoms with E-state index < -0.39 is 0 Å². The molecule has 0 aromatic heterocycles. The molecule has 0 aromatic carbocycles. The highest BCUT2D eigenvalue weighted by molar-refractivity contribution is 4.90. The highest BCUT2D eigenvalue weighted by Crippen LogP contribution is 2.32. The zero-order chi connectivity index (χ0) is 12.8. The van der Waals surface area contributed by atoms with Gasteiger partial charge in [-0.3, -0.25) is 0 Å². The van der Waals surface area contributed by atoms with Gasteiger partial charge in [-0.1, -0.05) is 33.1 Å². The van der Waals surface area contributed by atoms with E-state index in [0.717, 1.165) is 18.0 Å². The summed E-state index contributed by atoms with van der Waals surface area (Å²) in [6.45, 7) is 8.38. The van der Waals surface area contributed by atoms with Gasteiger partial charge in [-0.15, -0.1) is 0 Å². The zero-order valence-electron chi connectivity index (χ0n) is 12.5. The second-order valence-corrected chi connectivity index (χ2v) is 6.34. The molecule has 1 aliphatic carbocycles. The molecule has 3 unspecified atom stereocenters. The van der Waals surface area contributed by atoms with Crippen molar-refractivity contribution in [3.63, 3.8) is 0 Å². The van der Waals surface area contributed by atoms with Gasteiger partial charge in [-0.05, 0) is 51.1 Å². The summed E-state index contributed by atoms with van der Waals surface area (Å²) in [7, 11) is 0. The van der Waals surface area contributed by atoms with Crippen LogP contribution in [-0.4, -0.2) is 36.6 Å². The van der Waals surface area contributed by atoms with Crippen molar-refractivity contribution in [1.29, 1.82) is 0 Å². The lowest BCUT2D eigenvalue weighted by Gasteiger charge is -2.42. The lowest BCUT2D eigenvalue weighted by molar-refractivity contribution is 0.145. The van der Waals surface area contributed by atoms with Crippen LogP contribution in [0.5, 0.6) is 0 Å². The van der Waals surface area contributed by atoms with Gasteiger partial charge in [0, 0.05) is 18.6 Å². The Bertz CT molecular complexity index is 229. The predicted molar refractivity (Wildman–Crippen MR) is 78.9 cm³/mol. The van der Waals surface area contributed by atoms with Crippen molar-refractivity contribution < 1.29 is 0 Å². The SMILES string of the molecule is CCCCN(CC)CC1CCC2CCCCC2N1. The Balaban J connectivity index is 1.75. The second-order valence-electron chi connectivity index (χ2n) is 6.34. The van der Waals surface area contributed by atoms with Crippen LogP contribution in [0.4, 0.5) is 0 Å². The van der Waals surface area contributed by atoms with Gasteiger partial charge >= 0.3 is 0 Å². The molecule has 0 amide bonds. The first kappa shape index (κ1) is 14.3. The number of nitrogens with zero attached hydrogens (tertiary/aromatic N) is 1. The van der Waals surface area contributed by atoms with Crippen LogP contribution in [0.2, 0.25) is 0 Å². The third-order valence-electron chi connectivity index (χ3n) is 5.00. The molecule has 3 atom stereocenters. The Kier molecular flexibility index (Phi) is 5.97. The maximum absolute atomic E-state index is 3.95. The molecular weight excluding hydrogens is 220 g/mol. The normalized spacial score (nSPS) is 32.5. The quantitative estimate of drug-likeness (QED) is 0.779. The van der Waals surface area contributed by atoms with Crippen LogP contribution in [0.1, 0.15) is 65.2 Å². The van der Waals surface area contributed by atoms with Gasteiger partial charge in [0.2, 0.25) is 0 Å². The molecule has 2 nitrogen and oxygen atoms in total. The summed E-state index contributed by atoms with van der Waals surface area (Å²) in [5.74, 6) is 1.00. The van der Waals surface area contributed by atoms with E-state index in [1.807, 2.05) is 0 Å². The molecule has 2 rings (SSSR count). The van der Waals surface area contributed by atoms with Crippen molar-refractivity contribution in [3.05, 3.63) is 0 Å². The number of hydrogen-bond acceptors (Lipinski definition) is 2. The van der Waals surface area contributed by atoms with Gasteiger partial charge in [-0.2, -0.15) is 0 Å². The summed E-state index contributed by atoms with van der Waals surface area (Å²) in [4.78, 5) is 2.64. The molecule has 1 aliphatic heterocycles. The van der Waals surface area contributed by atoms with E-state index in [1.165, 1.54) is 71.0 Å². The maximum atomic E-state index is 3.95. The average Bonchev–Trinajstić information content (AvgIpc) is 2.43. The number of piperidine rings is 1. The van der Waals surface area contributed by atoms with Gasteiger partial charge in [0.15, 0.2) is 0 Å². The van der Waals surface area contributed by atoms with E-state index in [1.54, 1.807) is 0 Å². The number of fused-ring (bicyclic) bond motifs is 1. The molecule has 18 heavy (non-hydrogen) atoms. The van der Waals surface area contributed by atoms with E-state index in [2.05, 4.69) is 24.1 Å². The summed E-state index contributed by atoms with van der Waals surface area (Å²) >= 11 is 0. The van der Waals surface area contributed by atoms with Gasteiger partial charge < -0.3 is 10.2 Å². The largest absolute Gasteiger partial charge is 0.310 e. The standard InChI is InChI=1S/C16H32N2/c1-3-5-12-18(4-2)13-15-11-10-14-8-6-7-9-16(14)17-15/h14-17H,3-13H2,1-2H3. The number of nitrogens with one attached hydrogen (secondary N) is 1. The minimum Gasteiger partial charge on any atom is -0.310 e. The Morgan fingerprint density at radius 3 is 2.67 bits per heavy atom. The Labute approximate surface area is 114 Å². The molecule has 1 saturated carbocycles. The molecule has 2 fully saturated rings. The van der Waals surface area contributed by atoms with Crippen LogP contribution in [0.15, 0.2) is 0 Å². The van der Waals surface area contributed by atoms with E-state index in [9.17, 15) is 0 Å². The van der Waals surface area contributed by atoms with Crippen LogP contribution in [0.3, 0.4) is 0 Å². The lowest BCUT2D eigenvalue weighted by atomic mass is 9.78. The van der Waals surface area contributed by atoms with Gasteiger partial charge in [0.1, 0.15) is 0 Å². The molecule has 1 N–H and O–H groups in total. The molecule has 0 radical (unpaired) electrons. The zero-order valence-corrected chi connectivity index (χ0v) is 12.5. The van der Waals surface area contributed by atoms with E-state index >= 15 is 0 Å². The topological polar surface area (TPSA) is 15.3 Å².